The molecule has 1 aromatic carbocycles. The summed E-state index contributed by atoms with van der Waals surface area (Å²) in [6.45, 7) is 9.42. The lowest BCUT2D eigenvalue weighted by Gasteiger charge is -2.46. The molecule has 1 saturated heterocycles. The Morgan fingerprint density at radius 2 is 1.73 bits per heavy atom. The van der Waals surface area contributed by atoms with Gasteiger partial charge in [-0.25, -0.2) is 9.79 Å². The number of nitrogens with two attached hydrogens (primary N) is 2. The lowest BCUT2D eigenvalue weighted by molar-refractivity contribution is 0.00703. The van der Waals surface area contributed by atoms with Gasteiger partial charge in [-0.3, -0.25) is 4.90 Å². The van der Waals surface area contributed by atoms with Crippen LogP contribution in [-0.4, -0.2) is 67.3 Å². The van der Waals surface area contributed by atoms with E-state index in [1.807, 2.05) is 43.9 Å². The highest BCUT2D eigenvalue weighted by molar-refractivity contribution is 6.09. The number of ether oxygens (including phenoxy) is 1. The Morgan fingerprint density at radius 3 is 2.36 bits per heavy atom. The standard InChI is InChI=1S/C24H37N7O2/c1-23(2,3)33-20(32)18-9-8-17(30-14-12-29(4)13-15-30)16-19(18)31-22(26)27-21(25)28-24(31)10-6-5-7-11-24/h8-9,16H,5-7,10-15H2,1-4H3,(H4,25,26,27,28). The summed E-state index contributed by atoms with van der Waals surface area (Å²) in [4.78, 5) is 29.0. The van der Waals surface area contributed by atoms with Crippen molar-refractivity contribution in [3.8, 4) is 0 Å². The van der Waals surface area contributed by atoms with Crippen LogP contribution in [0, 0.1) is 0 Å². The Balaban J connectivity index is 1.81. The highest BCUT2D eigenvalue weighted by atomic mass is 16.6. The Hall–Kier alpha value is -2.81. The Kier molecular flexibility index (Phi) is 6.26. The van der Waals surface area contributed by atoms with Gasteiger partial charge in [0.1, 0.15) is 11.3 Å². The first-order valence-corrected chi connectivity index (χ1v) is 11.9. The molecule has 0 amide bonds. The molecule has 4 rings (SSSR count). The van der Waals surface area contributed by atoms with Crippen molar-refractivity contribution in [3.63, 3.8) is 0 Å². The van der Waals surface area contributed by atoms with Crippen LogP contribution in [-0.2, 0) is 4.74 Å². The highest BCUT2D eigenvalue weighted by Gasteiger charge is 2.44. The lowest BCUT2D eigenvalue weighted by Crippen LogP contribution is -2.58. The summed E-state index contributed by atoms with van der Waals surface area (Å²) in [7, 11) is 2.13. The Morgan fingerprint density at radius 1 is 1.06 bits per heavy atom. The van der Waals surface area contributed by atoms with Crippen molar-refractivity contribution in [2.24, 2.45) is 21.5 Å². The van der Waals surface area contributed by atoms with Crippen molar-refractivity contribution in [2.45, 2.75) is 64.1 Å². The van der Waals surface area contributed by atoms with E-state index in [1.54, 1.807) is 0 Å². The quantitative estimate of drug-likeness (QED) is 0.673. The van der Waals surface area contributed by atoms with E-state index in [-0.39, 0.29) is 17.9 Å². The number of carbonyl (C=O) groups is 1. The molecule has 2 fully saturated rings. The van der Waals surface area contributed by atoms with E-state index < -0.39 is 11.3 Å². The van der Waals surface area contributed by atoms with Gasteiger partial charge in [0.2, 0.25) is 11.9 Å². The summed E-state index contributed by atoms with van der Waals surface area (Å²) in [5.74, 6) is 0.0770. The number of nitrogens with zero attached hydrogens (tertiary/aromatic N) is 5. The molecule has 180 valence electrons. The second-order valence-electron chi connectivity index (χ2n) is 10.3. The monoisotopic (exact) mass is 455 g/mol. The third-order valence-electron chi connectivity index (χ3n) is 6.56. The van der Waals surface area contributed by atoms with Gasteiger partial charge in [-0.1, -0.05) is 6.42 Å². The number of rotatable bonds is 3. The summed E-state index contributed by atoms with van der Waals surface area (Å²) >= 11 is 0. The molecule has 4 N–H and O–H groups in total. The van der Waals surface area contributed by atoms with Crippen molar-refractivity contribution in [3.05, 3.63) is 23.8 Å². The maximum absolute atomic E-state index is 13.3. The molecule has 1 saturated carbocycles. The first-order chi connectivity index (χ1) is 15.6. The van der Waals surface area contributed by atoms with E-state index in [0.29, 0.717) is 11.3 Å². The van der Waals surface area contributed by atoms with Crippen LogP contribution in [0.5, 0.6) is 0 Å². The molecule has 1 aliphatic carbocycles. The molecule has 3 aliphatic rings. The molecule has 0 aromatic heterocycles. The SMILES string of the molecule is CN1CCN(c2ccc(C(=O)OC(C)(C)C)c(N3C(N)=NC(N)=NC34CCCCC4)c2)CC1. The molecule has 1 spiro atoms. The molecule has 2 aliphatic heterocycles. The molecule has 2 heterocycles. The Bertz CT molecular complexity index is 952. The van der Waals surface area contributed by atoms with Crippen molar-refractivity contribution in [2.75, 3.05) is 43.0 Å². The minimum Gasteiger partial charge on any atom is -0.456 e. The minimum absolute atomic E-state index is 0.194. The van der Waals surface area contributed by atoms with Crippen LogP contribution in [0.15, 0.2) is 28.2 Å². The smallest absolute Gasteiger partial charge is 0.340 e. The van der Waals surface area contributed by atoms with E-state index in [1.165, 1.54) is 0 Å². The molecule has 9 heteroatoms. The molecule has 0 atom stereocenters. The van der Waals surface area contributed by atoms with Gasteiger partial charge in [-0.2, -0.15) is 4.99 Å². The first-order valence-electron chi connectivity index (χ1n) is 11.9. The Labute approximate surface area is 196 Å². The number of guanidine groups is 2. The van der Waals surface area contributed by atoms with Gasteiger partial charge in [0.25, 0.3) is 0 Å². The maximum atomic E-state index is 13.3. The summed E-state index contributed by atoms with van der Waals surface area (Å²) in [6, 6.07) is 5.89. The molecule has 0 unspecified atom stereocenters. The largest absolute Gasteiger partial charge is 0.456 e. The third kappa shape index (κ3) is 4.93. The van der Waals surface area contributed by atoms with Crippen LogP contribution < -0.4 is 21.3 Å². The minimum atomic E-state index is -0.633. The third-order valence-corrected chi connectivity index (χ3v) is 6.56. The van der Waals surface area contributed by atoms with Gasteiger partial charge in [-0.15, -0.1) is 0 Å². The van der Waals surface area contributed by atoms with Crippen molar-refractivity contribution >= 4 is 29.3 Å². The number of piperazine rings is 1. The molecule has 9 nitrogen and oxygen atoms in total. The number of benzene rings is 1. The first kappa shape index (κ1) is 23.4. The zero-order valence-corrected chi connectivity index (χ0v) is 20.3. The van der Waals surface area contributed by atoms with Crippen LogP contribution in [0.2, 0.25) is 0 Å². The molecule has 0 bridgehead atoms. The van der Waals surface area contributed by atoms with Gasteiger partial charge in [-0.05, 0) is 71.7 Å². The fourth-order valence-corrected chi connectivity index (χ4v) is 4.94. The van der Waals surface area contributed by atoms with Crippen LogP contribution in [0.3, 0.4) is 0 Å². The van der Waals surface area contributed by atoms with Gasteiger partial charge in [0.15, 0.2) is 0 Å². The van der Waals surface area contributed by atoms with E-state index in [4.69, 9.17) is 21.2 Å². The highest BCUT2D eigenvalue weighted by Crippen LogP contribution is 2.42. The number of aliphatic imine (C=N–C) groups is 2. The van der Waals surface area contributed by atoms with Gasteiger partial charge in [0.05, 0.1) is 11.3 Å². The summed E-state index contributed by atoms with van der Waals surface area (Å²) in [6.07, 6.45) is 4.77. The van der Waals surface area contributed by atoms with Crippen molar-refractivity contribution < 1.29 is 9.53 Å². The number of hydrogen-bond donors (Lipinski definition) is 2. The predicted molar refractivity (Wildman–Crippen MR) is 133 cm³/mol. The van der Waals surface area contributed by atoms with Gasteiger partial charge < -0.3 is 26.0 Å². The van der Waals surface area contributed by atoms with Crippen LogP contribution in [0.4, 0.5) is 11.4 Å². The summed E-state index contributed by atoms with van der Waals surface area (Å²) in [5, 5.41) is 0. The topological polar surface area (TPSA) is 113 Å². The lowest BCUT2D eigenvalue weighted by atomic mass is 9.87. The van der Waals surface area contributed by atoms with Crippen LogP contribution >= 0.6 is 0 Å². The predicted octanol–water partition coefficient (Wildman–Crippen LogP) is 2.50. The number of hydrogen-bond acceptors (Lipinski definition) is 9. The van der Waals surface area contributed by atoms with E-state index >= 15 is 0 Å². The van der Waals surface area contributed by atoms with E-state index in [0.717, 1.165) is 64.0 Å². The number of esters is 1. The van der Waals surface area contributed by atoms with E-state index in [2.05, 4.69) is 21.8 Å². The summed E-state index contributed by atoms with van der Waals surface area (Å²) < 4.78 is 5.76. The number of carbonyl (C=O) groups excluding carboxylic acids is 1. The zero-order valence-electron chi connectivity index (χ0n) is 20.3. The second kappa shape index (κ2) is 8.85. The number of likely N-dealkylation sites (N-methyl/N-ethyl adjacent to an activating group) is 1. The molecular weight excluding hydrogens is 418 g/mol. The fourth-order valence-electron chi connectivity index (χ4n) is 4.94. The molecule has 0 radical (unpaired) electrons. The second-order valence-corrected chi connectivity index (χ2v) is 10.3. The fraction of sp³-hybridized carbons (Fsp3) is 0.625. The molecule has 33 heavy (non-hydrogen) atoms. The van der Waals surface area contributed by atoms with Crippen LogP contribution in [0.25, 0.3) is 0 Å². The zero-order chi connectivity index (χ0) is 23.8. The van der Waals surface area contributed by atoms with Gasteiger partial charge >= 0.3 is 5.97 Å². The van der Waals surface area contributed by atoms with Crippen molar-refractivity contribution in [1.29, 1.82) is 0 Å². The maximum Gasteiger partial charge on any atom is 0.340 e. The average molecular weight is 456 g/mol. The van der Waals surface area contributed by atoms with Crippen LogP contribution in [0.1, 0.15) is 63.2 Å². The normalized spacial score (nSPS) is 21.6. The average Bonchev–Trinajstić information content (AvgIpc) is 2.73. The molecular formula is C24H37N7O2. The van der Waals surface area contributed by atoms with Crippen molar-refractivity contribution in [1.82, 2.24) is 4.90 Å². The summed E-state index contributed by atoms with van der Waals surface area (Å²) in [5.41, 5.74) is 13.5. The molecule has 1 aromatic rings. The van der Waals surface area contributed by atoms with Gasteiger partial charge in [0, 0.05) is 31.9 Å². The van der Waals surface area contributed by atoms with E-state index in [9.17, 15) is 4.79 Å². The number of anilines is 2.